The SMILES string of the molecule is Cc1ccc(C(=O)Cc2ccc(CN3CCN(CCCNC(=O)CCCCCCc4ccc5c(c4)C(=O)N(C4CCC(=O)NC4=O)C5=O)CC3)c(C(F)(F)F)c2)cc1C#Cc1cnc2cccnn12. The molecule has 14 nitrogen and oxygen atoms in total. The zero-order chi connectivity index (χ0) is 48.7. The van der Waals surface area contributed by atoms with Crippen LogP contribution in [0.1, 0.15) is 122 Å². The van der Waals surface area contributed by atoms with E-state index in [4.69, 9.17) is 0 Å². The number of fused-ring (bicyclic) bond motifs is 2. The van der Waals surface area contributed by atoms with E-state index in [-0.39, 0.29) is 59.8 Å². The molecular formula is C52H53F3N8O6. The van der Waals surface area contributed by atoms with Crippen molar-refractivity contribution in [1.29, 1.82) is 0 Å². The van der Waals surface area contributed by atoms with Crippen LogP contribution in [0.4, 0.5) is 13.2 Å². The molecule has 358 valence electrons. The minimum atomic E-state index is -4.59. The Hall–Kier alpha value is -7.03. The number of piperidine rings is 1. The van der Waals surface area contributed by atoms with E-state index < -0.39 is 41.4 Å². The average Bonchev–Trinajstić information content (AvgIpc) is 3.85. The van der Waals surface area contributed by atoms with Crippen LogP contribution in [-0.2, 0) is 39.9 Å². The Labute approximate surface area is 397 Å². The van der Waals surface area contributed by atoms with Crippen molar-refractivity contribution in [2.45, 2.75) is 89.9 Å². The van der Waals surface area contributed by atoms with Gasteiger partial charge in [0.2, 0.25) is 17.7 Å². The summed E-state index contributed by atoms with van der Waals surface area (Å²) in [5.74, 6) is 3.72. The Kier molecular flexibility index (Phi) is 15.1. The molecule has 1 atom stereocenters. The van der Waals surface area contributed by atoms with Gasteiger partial charge in [0.05, 0.1) is 22.9 Å². The summed E-state index contributed by atoms with van der Waals surface area (Å²) >= 11 is 0. The molecule has 5 heterocycles. The number of hydrogen-bond donors (Lipinski definition) is 2. The third kappa shape index (κ3) is 11.8. The average molecular weight is 943 g/mol. The molecule has 0 saturated carbocycles. The van der Waals surface area contributed by atoms with E-state index in [0.717, 1.165) is 60.7 Å². The number of rotatable bonds is 17. The molecule has 2 N–H and O–H groups in total. The number of carbonyl (C=O) groups excluding carboxylic acids is 6. The van der Waals surface area contributed by atoms with Crippen LogP contribution in [0.5, 0.6) is 0 Å². The summed E-state index contributed by atoms with van der Waals surface area (Å²) in [6.45, 7) is 5.90. The summed E-state index contributed by atoms with van der Waals surface area (Å²) in [6.07, 6.45) is 3.81. The van der Waals surface area contributed by atoms with Gasteiger partial charge in [-0.2, -0.15) is 18.3 Å². The van der Waals surface area contributed by atoms with Crippen LogP contribution >= 0.6 is 0 Å². The fourth-order valence-electron chi connectivity index (χ4n) is 9.07. The lowest BCUT2D eigenvalue weighted by atomic mass is 9.96. The lowest BCUT2D eigenvalue weighted by Crippen LogP contribution is -2.54. The zero-order valence-electron chi connectivity index (χ0n) is 38.4. The molecule has 3 aliphatic heterocycles. The molecule has 1 unspecified atom stereocenters. The summed E-state index contributed by atoms with van der Waals surface area (Å²) in [6, 6.07) is 17.0. The number of Topliss-reactive ketones (excluding diaryl/α,β-unsaturated/α-hetero) is 1. The molecule has 0 aliphatic carbocycles. The molecule has 0 radical (unpaired) electrons. The van der Waals surface area contributed by atoms with E-state index in [0.29, 0.717) is 68.0 Å². The zero-order valence-corrected chi connectivity index (χ0v) is 38.4. The van der Waals surface area contributed by atoms with E-state index in [2.05, 4.69) is 37.5 Å². The first-order valence-corrected chi connectivity index (χ1v) is 23.4. The Bertz CT molecular complexity index is 2860. The maximum atomic E-state index is 14.4. The number of imidazole rings is 1. The number of unbranched alkanes of at least 4 members (excludes halogenated alkanes) is 3. The van der Waals surface area contributed by atoms with Gasteiger partial charge in [-0.3, -0.25) is 43.9 Å². The Balaban J connectivity index is 0.716. The molecule has 0 bridgehead atoms. The van der Waals surface area contributed by atoms with Crippen molar-refractivity contribution in [3.05, 3.63) is 135 Å². The lowest BCUT2D eigenvalue weighted by Gasteiger charge is -2.35. The first-order chi connectivity index (χ1) is 33.2. The second kappa shape index (κ2) is 21.5. The minimum Gasteiger partial charge on any atom is -0.356 e. The van der Waals surface area contributed by atoms with Gasteiger partial charge < -0.3 is 10.2 Å². The van der Waals surface area contributed by atoms with Gasteiger partial charge in [0, 0.05) is 75.9 Å². The second-order valence-corrected chi connectivity index (χ2v) is 17.9. The number of piperazine rings is 1. The molecule has 0 spiro atoms. The van der Waals surface area contributed by atoms with Crippen molar-refractivity contribution in [1.82, 2.24) is 39.9 Å². The number of amides is 5. The molecule has 69 heavy (non-hydrogen) atoms. The normalized spacial score (nSPS) is 16.6. The van der Waals surface area contributed by atoms with E-state index >= 15 is 0 Å². The minimum absolute atomic E-state index is 0.0122. The number of alkyl halides is 3. The van der Waals surface area contributed by atoms with Gasteiger partial charge in [-0.15, -0.1) is 0 Å². The summed E-state index contributed by atoms with van der Waals surface area (Å²) < 4.78 is 44.9. The monoisotopic (exact) mass is 942 g/mol. The number of aryl methyl sites for hydroxylation is 2. The number of nitrogens with zero attached hydrogens (tertiary/aromatic N) is 6. The predicted octanol–water partition coefficient (Wildman–Crippen LogP) is 6.10. The van der Waals surface area contributed by atoms with Gasteiger partial charge >= 0.3 is 6.18 Å². The highest BCUT2D eigenvalue weighted by atomic mass is 19.4. The number of nitrogens with one attached hydrogen (secondary N) is 2. The van der Waals surface area contributed by atoms with E-state index in [1.54, 1.807) is 59.4 Å². The number of ketones is 1. The predicted molar refractivity (Wildman–Crippen MR) is 249 cm³/mol. The van der Waals surface area contributed by atoms with E-state index in [9.17, 15) is 41.9 Å². The molecule has 5 amide bonds. The number of aromatic nitrogens is 3. The molecule has 5 aromatic rings. The topological polar surface area (TPSA) is 166 Å². The number of imide groups is 2. The van der Waals surface area contributed by atoms with Crippen molar-refractivity contribution in [2.75, 3.05) is 39.3 Å². The maximum Gasteiger partial charge on any atom is 0.416 e. The fraction of sp³-hybridized carbons (Fsp3) is 0.385. The van der Waals surface area contributed by atoms with Crippen LogP contribution in [0.25, 0.3) is 5.65 Å². The van der Waals surface area contributed by atoms with Gasteiger partial charge in [-0.25, -0.2) is 9.50 Å². The van der Waals surface area contributed by atoms with Crippen LogP contribution in [0.15, 0.2) is 79.1 Å². The van der Waals surface area contributed by atoms with Gasteiger partial charge in [0.1, 0.15) is 11.7 Å². The van der Waals surface area contributed by atoms with Crippen LogP contribution in [-0.4, -0.2) is 110 Å². The van der Waals surface area contributed by atoms with Gasteiger partial charge in [-0.05, 0) is 110 Å². The fourth-order valence-corrected chi connectivity index (χ4v) is 9.07. The highest BCUT2D eigenvalue weighted by molar-refractivity contribution is 6.23. The number of benzene rings is 3. The third-order valence-electron chi connectivity index (χ3n) is 13.0. The van der Waals surface area contributed by atoms with Gasteiger partial charge in [0.15, 0.2) is 11.4 Å². The Morgan fingerprint density at radius 2 is 1.61 bits per heavy atom. The maximum absolute atomic E-state index is 14.4. The van der Waals surface area contributed by atoms with Gasteiger partial charge in [0.25, 0.3) is 11.8 Å². The molecule has 8 rings (SSSR count). The number of carbonyl (C=O) groups is 6. The lowest BCUT2D eigenvalue weighted by molar-refractivity contribution is -0.139. The molecule has 3 aliphatic rings. The Morgan fingerprint density at radius 3 is 2.41 bits per heavy atom. The smallest absolute Gasteiger partial charge is 0.356 e. The highest BCUT2D eigenvalue weighted by Crippen LogP contribution is 2.34. The first kappa shape index (κ1) is 48.4. The quantitative estimate of drug-likeness (QED) is 0.0482. The molecule has 2 saturated heterocycles. The van der Waals surface area contributed by atoms with E-state index in [1.807, 2.05) is 24.0 Å². The van der Waals surface area contributed by atoms with E-state index in [1.165, 1.54) is 6.07 Å². The summed E-state index contributed by atoms with van der Waals surface area (Å²) in [5, 5.41) is 9.46. The van der Waals surface area contributed by atoms with Crippen molar-refractivity contribution in [2.24, 2.45) is 0 Å². The Morgan fingerprint density at radius 1 is 0.841 bits per heavy atom. The van der Waals surface area contributed by atoms with Crippen LogP contribution < -0.4 is 10.6 Å². The second-order valence-electron chi connectivity index (χ2n) is 17.9. The molecule has 2 aromatic heterocycles. The molecule has 3 aromatic carbocycles. The van der Waals surface area contributed by atoms with Crippen molar-refractivity contribution in [3.63, 3.8) is 0 Å². The van der Waals surface area contributed by atoms with Crippen molar-refractivity contribution < 1.29 is 41.9 Å². The van der Waals surface area contributed by atoms with Crippen molar-refractivity contribution >= 4 is 41.0 Å². The largest absolute Gasteiger partial charge is 0.416 e. The number of hydrogen-bond acceptors (Lipinski definition) is 10. The van der Waals surface area contributed by atoms with Crippen LogP contribution in [0.2, 0.25) is 0 Å². The standard InChI is InChI=1S/C52H53F3N8O6/c1-34-11-14-38(31-37(34)16-17-40-32-57-46-9-6-22-58-63(40)46)45(64)30-36-12-15-39(43(29-36)52(53,54)55)33-61-26-24-60(25-27-61)23-7-21-56-47(65)10-5-3-2-4-8-35-13-18-41-42(28-35)51(69)62(50(41)68)44-19-20-48(66)59-49(44)67/h6,9,11-15,18,22,28-29,31-32,44H,2-5,7-8,10,19-21,23-27,30,33H2,1H3,(H,56,65)(H,59,66,67). The first-order valence-electron chi connectivity index (χ1n) is 23.4. The summed E-state index contributed by atoms with van der Waals surface area (Å²) in [4.78, 5) is 85.4. The van der Waals surface area contributed by atoms with Crippen molar-refractivity contribution in [3.8, 4) is 11.8 Å². The summed E-state index contributed by atoms with van der Waals surface area (Å²) in [5.41, 5.74) is 4.22. The summed E-state index contributed by atoms with van der Waals surface area (Å²) in [7, 11) is 0. The van der Waals surface area contributed by atoms with Crippen LogP contribution in [0.3, 0.4) is 0 Å². The number of halogens is 3. The highest BCUT2D eigenvalue weighted by Gasteiger charge is 2.44. The molecular weight excluding hydrogens is 890 g/mol. The molecule has 2 fully saturated rings. The van der Waals surface area contributed by atoms with Crippen LogP contribution in [0, 0.1) is 18.8 Å². The van der Waals surface area contributed by atoms with Gasteiger partial charge in [-0.1, -0.05) is 49.1 Å². The molecule has 17 heteroatoms. The third-order valence-corrected chi connectivity index (χ3v) is 13.0.